The number of para-hydroxylation sites is 1. The van der Waals surface area contributed by atoms with Crippen LogP contribution in [-0.2, 0) is 11.3 Å². The predicted molar refractivity (Wildman–Crippen MR) is 102 cm³/mol. The molecule has 3 aromatic rings. The topological polar surface area (TPSA) is 65.5 Å². The van der Waals surface area contributed by atoms with Gasteiger partial charge in [0.25, 0.3) is 0 Å². The van der Waals surface area contributed by atoms with E-state index in [9.17, 15) is 18.4 Å². The summed E-state index contributed by atoms with van der Waals surface area (Å²) in [6, 6.07) is 10.6. The number of thiazole rings is 1. The van der Waals surface area contributed by atoms with Gasteiger partial charge in [-0.05, 0) is 24.3 Å². The van der Waals surface area contributed by atoms with Crippen LogP contribution < -0.4 is 10.2 Å². The highest BCUT2D eigenvalue weighted by atomic mass is 32.1. The molecule has 1 fully saturated rings. The molecule has 0 bridgehead atoms. The Labute approximate surface area is 163 Å². The zero-order chi connectivity index (χ0) is 19.7. The number of nitrogens with one attached hydrogen (secondary N) is 1. The van der Waals surface area contributed by atoms with Crippen molar-refractivity contribution in [2.75, 3.05) is 24.5 Å². The van der Waals surface area contributed by atoms with Gasteiger partial charge in [-0.3, -0.25) is 9.69 Å². The molecule has 0 unspecified atom stereocenters. The second kappa shape index (κ2) is 7.51. The van der Waals surface area contributed by atoms with Crippen LogP contribution in [0.3, 0.4) is 0 Å². The molecule has 4 rings (SSSR count). The third-order valence-corrected chi connectivity index (χ3v) is 5.46. The highest BCUT2D eigenvalue weighted by Gasteiger charge is 2.31. The third kappa shape index (κ3) is 3.65. The van der Waals surface area contributed by atoms with Gasteiger partial charge in [-0.25, -0.2) is 18.6 Å². The molecule has 2 aromatic carbocycles. The summed E-state index contributed by atoms with van der Waals surface area (Å²) in [6.07, 6.45) is 0. The van der Waals surface area contributed by atoms with E-state index in [0.717, 1.165) is 27.4 Å². The molecular formula is C19H16F2N4O2S. The van der Waals surface area contributed by atoms with E-state index in [1.807, 2.05) is 24.3 Å². The Morgan fingerprint density at radius 1 is 1.14 bits per heavy atom. The maximum atomic E-state index is 13.4. The molecule has 144 valence electrons. The first kappa shape index (κ1) is 18.3. The molecular weight excluding hydrogens is 386 g/mol. The number of carbonyl (C=O) groups excluding carboxylic acids is 2. The number of fused-ring (bicyclic) bond motifs is 1. The standard InChI is InChI=1S/C19H16F2N4O2S/c20-13-6-5-12(9-14(13)21)25-8-7-24(19(25)27)11-17(26)22-10-18-23-15-3-1-2-4-16(15)28-18/h1-6,9H,7-8,10-11H2,(H,22,26). The first-order valence-corrected chi connectivity index (χ1v) is 9.45. The molecule has 1 N–H and O–H groups in total. The van der Waals surface area contributed by atoms with Gasteiger partial charge < -0.3 is 10.2 Å². The Hall–Kier alpha value is -3.07. The van der Waals surface area contributed by atoms with Gasteiger partial charge in [-0.1, -0.05) is 12.1 Å². The highest BCUT2D eigenvalue weighted by Crippen LogP contribution is 2.23. The normalized spacial score (nSPS) is 14.1. The van der Waals surface area contributed by atoms with Crippen LogP contribution in [0.5, 0.6) is 0 Å². The van der Waals surface area contributed by atoms with Crippen LogP contribution >= 0.6 is 11.3 Å². The minimum Gasteiger partial charge on any atom is -0.348 e. The summed E-state index contributed by atoms with van der Waals surface area (Å²) in [7, 11) is 0. The Morgan fingerprint density at radius 2 is 1.96 bits per heavy atom. The molecule has 1 aliphatic rings. The van der Waals surface area contributed by atoms with E-state index in [1.165, 1.54) is 27.2 Å². The quantitative estimate of drug-likeness (QED) is 0.713. The van der Waals surface area contributed by atoms with Crippen molar-refractivity contribution in [3.63, 3.8) is 0 Å². The summed E-state index contributed by atoms with van der Waals surface area (Å²) in [5.41, 5.74) is 1.15. The van der Waals surface area contributed by atoms with Crippen LogP contribution in [0, 0.1) is 11.6 Å². The van der Waals surface area contributed by atoms with Gasteiger partial charge >= 0.3 is 6.03 Å². The maximum Gasteiger partial charge on any atom is 0.325 e. The van der Waals surface area contributed by atoms with Crippen molar-refractivity contribution >= 4 is 39.2 Å². The first-order valence-electron chi connectivity index (χ1n) is 8.64. The van der Waals surface area contributed by atoms with Crippen molar-refractivity contribution in [3.05, 3.63) is 59.1 Å². The van der Waals surface area contributed by atoms with Crippen LogP contribution in [0.25, 0.3) is 10.2 Å². The Bertz CT molecular complexity index is 1020. The largest absolute Gasteiger partial charge is 0.348 e. The van der Waals surface area contributed by atoms with Crippen molar-refractivity contribution in [1.82, 2.24) is 15.2 Å². The fourth-order valence-electron chi connectivity index (χ4n) is 3.02. The fourth-order valence-corrected chi connectivity index (χ4v) is 3.93. The lowest BCUT2D eigenvalue weighted by molar-refractivity contribution is -0.121. The number of carbonyl (C=O) groups is 2. The lowest BCUT2D eigenvalue weighted by Crippen LogP contribution is -2.39. The molecule has 0 saturated carbocycles. The Kier molecular flexibility index (Phi) is 4.91. The van der Waals surface area contributed by atoms with Gasteiger partial charge in [0.2, 0.25) is 5.91 Å². The number of hydrogen-bond donors (Lipinski definition) is 1. The van der Waals surface area contributed by atoms with Gasteiger partial charge in [-0.15, -0.1) is 11.3 Å². The molecule has 9 heteroatoms. The minimum atomic E-state index is -1.02. The molecule has 0 aliphatic carbocycles. The molecule has 0 atom stereocenters. The van der Waals surface area contributed by atoms with Gasteiger partial charge in [0.05, 0.1) is 16.8 Å². The van der Waals surface area contributed by atoms with Crippen molar-refractivity contribution < 1.29 is 18.4 Å². The second-order valence-electron chi connectivity index (χ2n) is 6.31. The number of halogens is 2. The fraction of sp³-hybridized carbons (Fsp3) is 0.211. The zero-order valence-electron chi connectivity index (χ0n) is 14.7. The summed E-state index contributed by atoms with van der Waals surface area (Å²) in [4.78, 5) is 31.8. The number of amides is 3. The molecule has 1 aliphatic heterocycles. The number of hydrogen-bond acceptors (Lipinski definition) is 4. The van der Waals surface area contributed by atoms with Gasteiger partial charge in [0.1, 0.15) is 11.6 Å². The van der Waals surface area contributed by atoms with E-state index in [0.29, 0.717) is 13.1 Å². The van der Waals surface area contributed by atoms with Crippen LogP contribution in [0.1, 0.15) is 5.01 Å². The summed E-state index contributed by atoms with van der Waals surface area (Å²) in [6.45, 7) is 0.804. The zero-order valence-corrected chi connectivity index (χ0v) is 15.5. The molecule has 0 spiro atoms. The third-order valence-electron chi connectivity index (χ3n) is 4.42. The minimum absolute atomic E-state index is 0.107. The average Bonchev–Trinajstić information content (AvgIpc) is 3.26. The van der Waals surface area contributed by atoms with E-state index in [4.69, 9.17) is 0 Å². The molecule has 0 radical (unpaired) electrons. The number of rotatable bonds is 5. The van der Waals surface area contributed by atoms with Crippen LogP contribution in [0.4, 0.5) is 19.3 Å². The van der Waals surface area contributed by atoms with Gasteiger partial charge in [0, 0.05) is 24.8 Å². The average molecular weight is 402 g/mol. The highest BCUT2D eigenvalue weighted by molar-refractivity contribution is 7.18. The van der Waals surface area contributed by atoms with Crippen molar-refractivity contribution in [2.45, 2.75) is 6.54 Å². The van der Waals surface area contributed by atoms with E-state index in [2.05, 4.69) is 10.3 Å². The SMILES string of the molecule is O=C(CN1CCN(c2ccc(F)c(F)c2)C1=O)NCc1nc2ccccc2s1. The number of benzene rings is 2. The maximum absolute atomic E-state index is 13.4. The lowest BCUT2D eigenvalue weighted by Gasteiger charge is -2.18. The van der Waals surface area contributed by atoms with Gasteiger partial charge in [-0.2, -0.15) is 0 Å². The number of nitrogens with zero attached hydrogens (tertiary/aromatic N) is 3. The molecule has 28 heavy (non-hydrogen) atoms. The van der Waals surface area contributed by atoms with E-state index in [1.54, 1.807) is 0 Å². The van der Waals surface area contributed by atoms with Crippen molar-refractivity contribution in [2.24, 2.45) is 0 Å². The first-order chi connectivity index (χ1) is 13.5. The Balaban J connectivity index is 1.34. The van der Waals surface area contributed by atoms with Crippen molar-refractivity contribution in [3.8, 4) is 0 Å². The van der Waals surface area contributed by atoms with Gasteiger partial charge in [0.15, 0.2) is 11.6 Å². The smallest absolute Gasteiger partial charge is 0.325 e. The summed E-state index contributed by atoms with van der Waals surface area (Å²) in [5, 5.41) is 3.55. The van der Waals surface area contributed by atoms with E-state index in [-0.39, 0.29) is 24.7 Å². The van der Waals surface area contributed by atoms with Crippen molar-refractivity contribution in [1.29, 1.82) is 0 Å². The second-order valence-corrected chi connectivity index (χ2v) is 7.42. The summed E-state index contributed by atoms with van der Waals surface area (Å²) in [5.74, 6) is -2.29. The van der Waals surface area contributed by atoms with Crippen LogP contribution in [0.15, 0.2) is 42.5 Å². The molecule has 3 amide bonds. The number of aromatic nitrogens is 1. The summed E-state index contributed by atoms with van der Waals surface area (Å²) < 4.78 is 27.5. The van der Waals surface area contributed by atoms with Crippen LogP contribution in [-0.4, -0.2) is 41.5 Å². The van der Waals surface area contributed by atoms with E-state index < -0.39 is 17.7 Å². The van der Waals surface area contributed by atoms with Crippen LogP contribution in [0.2, 0.25) is 0 Å². The Morgan fingerprint density at radius 3 is 2.75 bits per heavy atom. The molecule has 1 aromatic heterocycles. The predicted octanol–water partition coefficient (Wildman–Crippen LogP) is 3.13. The monoisotopic (exact) mass is 402 g/mol. The molecule has 6 nitrogen and oxygen atoms in total. The molecule has 2 heterocycles. The number of anilines is 1. The van der Waals surface area contributed by atoms with E-state index >= 15 is 0 Å². The summed E-state index contributed by atoms with van der Waals surface area (Å²) >= 11 is 1.50. The number of urea groups is 1. The lowest BCUT2D eigenvalue weighted by atomic mass is 10.3. The molecule has 1 saturated heterocycles.